The summed E-state index contributed by atoms with van der Waals surface area (Å²) in [5.41, 5.74) is 1.52. The maximum absolute atomic E-state index is 12.9. The van der Waals surface area contributed by atoms with Crippen molar-refractivity contribution in [3.63, 3.8) is 0 Å². The molecule has 2 aromatic carbocycles. The number of halogens is 1. The molecule has 0 aliphatic carbocycles. The standard InChI is InChI=1S/C19H18BrN3O2S/c1-23(2)18-17(16(24)12-4-6-13(20)7-5-12)26-19(22-18)21-14-8-10-15(25-3)11-9-14/h4-11H,1-3H3,(H,21,22). The lowest BCUT2D eigenvalue weighted by molar-refractivity contribution is 0.104. The molecule has 0 bridgehead atoms. The van der Waals surface area contributed by atoms with E-state index >= 15 is 0 Å². The van der Waals surface area contributed by atoms with E-state index < -0.39 is 0 Å². The number of hydrogen-bond donors (Lipinski definition) is 1. The third kappa shape index (κ3) is 4.05. The quantitative estimate of drug-likeness (QED) is 0.559. The Labute approximate surface area is 164 Å². The second-order valence-corrected chi connectivity index (χ2v) is 7.67. The van der Waals surface area contributed by atoms with Gasteiger partial charge in [-0.05, 0) is 48.5 Å². The zero-order chi connectivity index (χ0) is 18.7. The number of carbonyl (C=O) groups excluding carboxylic acids is 1. The van der Waals surface area contributed by atoms with Gasteiger partial charge in [0.1, 0.15) is 10.6 Å². The molecule has 3 aromatic rings. The van der Waals surface area contributed by atoms with Crippen LogP contribution in [0.2, 0.25) is 0 Å². The highest BCUT2D eigenvalue weighted by molar-refractivity contribution is 9.10. The molecule has 0 radical (unpaired) electrons. The molecule has 3 rings (SSSR count). The number of ketones is 1. The van der Waals surface area contributed by atoms with Crippen molar-refractivity contribution in [1.29, 1.82) is 0 Å². The molecule has 0 unspecified atom stereocenters. The van der Waals surface area contributed by atoms with E-state index in [1.54, 1.807) is 7.11 Å². The van der Waals surface area contributed by atoms with Crippen LogP contribution in [0.3, 0.4) is 0 Å². The number of carbonyl (C=O) groups is 1. The lowest BCUT2D eigenvalue weighted by atomic mass is 10.1. The zero-order valence-corrected chi connectivity index (χ0v) is 17.0. The highest BCUT2D eigenvalue weighted by Gasteiger charge is 2.21. The smallest absolute Gasteiger partial charge is 0.206 e. The number of nitrogens with zero attached hydrogens (tertiary/aromatic N) is 2. The summed E-state index contributed by atoms with van der Waals surface area (Å²) in [6.45, 7) is 0. The van der Waals surface area contributed by atoms with E-state index in [2.05, 4.69) is 26.2 Å². The Balaban J connectivity index is 1.90. The van der Waals surface area contributed by atoms with Crippen molar-refractivity contribution in [2.75, 3.05) is 31.4 Å². The average molecular weight is 432 g/mol. The van der Waals surface area contributed by atoms with Gasteiger partial charge in [-0.3, -0.25) is 4.79 Å². The summed E-state index contributed by atoms with van der Waals surface area (Å²) < 4.78 is 6.11. The van der Waals surface area contributed by atoms with E-state index in [0.29, 0.717) is 21.4 Å². The highest BCUT2D eigenvalue weighted by atomic mass is 79.9. The summed E-state index contributed by atoms with van der Waals surface area (Å²) in [5.74, 6) is 1.40. The van der Waals surface area contributed by atoms with E-state index in [9.17, 15) is 4.79 Å². The summed E-state index contributed by atoms with van der Waals surface area (Å²) in [6.07, 6.45) is 0. The van der Waals surface area contributed by atoms with Crippen LogP contribution < -0.4 is 15.0 Å². The van der Waals surface area contributed by atoms with Crippen molar-refractivity contribution < 1.29 is 9.53 Å². The lowest BCUT2D eigenvalue weighted by Crippen LogP contribution is -2.13. The number of thiazole rings is 1. The topological polar surface area (TPSA) is 54.5 Å². The van der Waals surface area contributed by atoms with Gasteiger partial charge in [-0.2, -0.15) is 0 Å². The number of benzene rings is 2. The fourth-order valence-electron chi connectivity index (χ4n) is 2.35. The van der Waals surface area contributed by atoms with Crippen molar-refractivity contribution in [2.45, 2.75) is 0 Å². The molecular formula is C19H18BrN3O2S. The van der Waals surface area contributed by atoms with Crippen LogP contribution in [0, 0.1) is 0 Å². The molecular weight excluding hydrogens is 414 g/mol. The molecule has 0 saturated carbocycles. The van der Waals surface area contributed by atoms with Crippen molar-refractivity contribution in [3.8, 4) is 5.75 Å². The van der Waals surface area contributed by atoms with Gasteiger partial charge >= 0.3 is 0 Å². The Morgan fingerprint density at radius 3 is 2.35 bits per heavy atom. The van der Waals surface area contributed by atoms with E-state index in [0.717, 1.165) is 15.9 Å². The largest absolute Gasteiger partial charge is 0.497 e. The second kappa shape index (κ2) is 7.88. The first-order valence-corrected chi connectivity index (χ1v) is 9.48. The number of aromatic nitrogens is 1. The molecule has 0 amide bonds. The van der Waals surface area contributed by atoms with Gasteiger partial charge in [-0.25, -0.2) is 4.98 Å². The van der Waals surface area contributed by atoms with Crippen LogP contribution in [0.15, 0.2) is 53.0 Å². The number of methoxy groups -OCH3 is 1. The molecule has 1 heterocycles. The normalized spacial score (nSPS) is 10.5. The molecule has 7 heteroatoms. The predicted octanol–water partition coefficient (Wildman–Crippen LogP) is 4.95. The first-order chi connectivity index (χ1) is 12.5. The second-order valence-electron chi connectivity index (χ2n) is 5.76. The van der Waals surface area contributed by atoms with Crippen LogP contribution >= 0.6 is 27.3 Å². The van der Waals surface area contributed by atoms with Crippen LogP contribution in [0.25, 0.3) is 0 Å². The minimum atomic E-state index is -0.0403. The molecule has 0 fully saturated rings. The summed E-state index contributed by atoms with van der Waals surface area (Å²) >= 11 is 4.74. The Morgan fingerprint density at radius 1 is 1.12 bits per heavy atom. The monoisotopic (exact) mass is 431 g/mol. The van der Waals surface area contributed by atoms with Gasteiger partial charge in [0.05, 0.1) is 7.11 Å². The van der Waals surface area contributed by atoms with Crippen molar-refractivity contribution in [1.82, 2.24) is 4.98 Å². The number of rotatable bonds is 6. The first kappa shape index (κ1) is 18.4. The summed E-state index contributed by atoms with van der Waals surface area (Å²) in [5, 5.41) is 3.92. The van der Waals surface area contributed by atoms with Crippen molar-refractivity contribution in [2.24, 2.45) is 0 Å². The Bertz CT molecular complexity index is 906. The number of ether oxygens (including phenoxy) is 1. The number of anilines is 3. The van der Waals surface area contributed by atoms with Crippen molar-refractivity contribution in [3.05, 3.63) is 63.4 Å². The predicted molar refractivity (Wildman–Crippen MR) is 110 cm³/mol. The maximum Gasteiger partial charge on any atom is 0.206 e. The SMILES string of the molecule is COc1ccc(Nc2nc(N(C)C)c(C(=O)c3ccc(Br)cc3)s2)cc1. The molecule has 1 N–H and O–H groups in total. The molecule has 5 nitrogen and oxygen atoms in total. The fourth-order valence-corrected chi connectivity index (χ4v) is 3.64. The molecule has 26 heavy (non-hydrogen) atoms. The molecule has 0 aliphatic heterocycles. The Morgan fingerprint density at radius 2 is 1.77 bits per heavy atom. The minimum Gasteiger partial charge on any atom is -0.497 e. The van der Waals surface area contributed by atoms with Gasteiger partial charge in [0, 0.05) is 29.8 Å². The average Bonchev–Trinajstić information content (AvgIpc) is 3.06. The van der Waals surface area contributed by atoms with Gasteiger partial charge in [0.2, 0.25) is 5.78 Å². The summed E-state index contributed by atoms with van der Waals surface area (Å²) in [4.78, 5) is 20.0. The Kier molecular flexibility index (Phi) is 5.58. The van der Waals surface area contributed by atoms with E-state index in [1.807, 2.05) is 67.5 Å². The molecule has 0 saturated heterocycles. The van der Waals surface area contributed by atoms with Crippen LogP contribution in [0.5, 0.6) is 5.75 Å². The number of nitrogens with one attached hydrogen (secondary N) is 1. The van der Waals surface area contributed by atoms with Crippen LogP contribution in [-0.2, 0) is 0 Å². The lowest BCUT2D eigenvalue weighted by Gasteiger charge is -2.10. The molecule has 134 valence electrons. The van der Waals surface area contributed by atoms with Crippen LogP contribution in [0.1, 0.15) is 15.2 Å². The van der Waals surface area contributed by atoms with Crippen LogP contribution in [0.4, 0.5) is 16.6 Å². The highest BCUT2D eigenvalue weighted by Crippen LogP contribution is 2.33. The zero-order valence-electron chi connectivity index (χ0n) is 14.6. The van der Waals surface area contributed by atoms with Gasteiger partial charge in [0.25, 0.3) is 0 Å². The molecule has 1 aromatic heterocycles. The molecule has 0 aliphatic rings. The fraction of sp³-hybridized carbons (Fsp3) is 0.158. The maximum atomic E-state index is 12.9. The van der Waals surface area contributed by atoms with E-state index in [4.69, 9.17) is 4.74 Å². The summed E-state index contributed by atoms with van der Waals surface area (Å²) in [7, 11) is 5.39. The first-order valence-electron chi connectivity index (χ1n) is 7.87. The molecule has 0 spiro atoms. The van der Waals surface area contributed by atoms with Crippen molar-refractivity contribution >= 4 is 49.7 Å². The third-order valence-electron chi connectivity index (χ3n) is 3.69. The third-order valence-corrected chi connectivity index (χ3v) is 5.17. The van der Waals surface area contributed by atoms with E-state index in [-0.39, 0.29) is 5.78 Å². The van der Waals surface area contributed by atoms with Gasteiger partial charge < -0.3 is 15.0 Å². The van der Waals surface area contributed by atoms with Crippen LogP contribution in [-0.4, -0.2) is 32.0 Å². The molecule has 0 atom stereocenters. The van der Waals surface area contributed by atoms with Gasteiger partial charge in [-0.1, -0.05) is 27.3 Å². The van der Waals surface area contributed by atoms with E-state index in [1.165, 1.54) is 11.3 Å². The number of hydrogen-bond acceptors (Lipinski definition) is 6. The van der Waals surface area contributed by atoms with Gasteiger partial charge in [0.15, 0.2) is 10.9 Å². The van der Waals surface area contributed by atoms with Gasteiger partial charge in [-0.15, -0.1) is 0 Å². The summed E-state index contributed by atoms with van der Waals surface area (Å²) in [6, 6.07) is 14.9. The Hall–Kier alpha value is -2.38. The minimum absolute atomic E-state index is 0.0403.